The third-order valence-corrected chi connectivity index (χ3v) is 2.91. The standard InChI is InChI=1S/C14H18N2O2/c1-9(7-10(2)17)16-14(18)12-8-15-13-6-4-3-5-11(12)13/h3-6,8-10,15,17H,7H2,1-2H3,(H,16,18). The molecule has 0 bridgehead atoms. The van der Waals surface area contributed by atoms with Crippen molar-refractivity contribution >= 4 is 16.8 Å². The molecule has 0 aliphatic heterocycles. The fourth-order valence-corrected chi connectivity index (χ4v) is 2.13. The molecule has 1 amide bonds. The molecule has 3 N–H and O–H groups in total. The van der Waals surface area contributed by atoms with Crippen molar-refractivity contribution in [2.24, 2.45) is 0 Å². The number of carbonyl (C=O) groups is 1. The van der Waals surface area contributed by atoms with E-state index >= 15 is 0 Å². The van der Waals surface area contributed by atoms with Gasteiger partial charge in [-0.2, -0.15) is 0 Å². The highest BCUT2D eigenvalue weighted by Crippen LogP contribution is 2.17. The predicted molar refractivity (Wildman–Crippen MR) is 71.5 cm³/mol. The maximum atomic E-state index is 12.1. The summed E-state index contributed by atoms with van der Waals surface area (Å²) in [5.41, 5.74) is 1.59. The summed E-state index contributed by atoms with van der Waals surface area (Å²) in [6, 6.07) is 7.64. The molecule has 2 rings (SSSR count). The maximum Gasteiger partial charge on any atom is 0.253 e. The van der Waals surface area contributed by atoms with Crippen LogP contribution in [-0.2, 0) is 0 Å². The molecule has 0 saturated heterocycles. The number of aliphatic hydroxyl groups is 1. The van der Waals surface area contributed by atoms with Crippen molar-refractivity contribution < 1.29 is 9.90 Å². The number of fused-ring (bicyclic) bond motifs is 1. The normalized spacial score (nSPS) is 14.4. The van der Waals surface area contributed by atoms with E-state index in [0.29, 0.717) is 12.0 Å². The molecule has 0 saturated carbocycles. The van der Waals surface area contributed by atoms with Gasteiger partial charge in [-0.1, -0.05) is 18.2 Å². The van der Waals surface area contributed by atoms with Crippen molar-refractivity contribution in [2.45, 2.75) is 32.4 Å². The average Bonchev–Trinajstić information content (AvgIpc) is 2.71. The maximum absolute atomic E-state index is 12.1. The quantitative estimate of drug-likeness (QED) is 0.773. The zero-order valence-corrected chi connectivity index (χ0v) is 10.6. The number of hydrogen-bond donors (Lipinski definition) is 3. The van der Waals surface area contributed by atoms with Crippen LogP contribution in [0.4, 0.5) is 0 Å². The lowest BCUT2D eigenvalue weighted by Gasteiger charge is -2.14. The van der Waals surface area contributed by atoms with Gasteiger partial charge in [-0.3, -0.25) is 4.79 Å². The van der Waals surface area contributed by atoms with Crippen molar-refractivity contribution in [3.63, 3.8) is 0 Å². The monoisotopic (exact) mass is 246 g/mol. The van der Waals surface area contributed by atoms with Gasteiger partial charge in [-0.15, -0.1) is 0 Å². The summed E-state index contributed by atoms with van der Waals surface area (Å²) < 4.78 is 0. The van der Waals surface area contributed by atoms with Crippen LogP contribution in [0, 0.1) is 0 Å². The van der Waals surface area contributed by atoms with Crippen molar-refractivity contribution in [1.82, 2.24) is 10.3 Å². The smallest absolute Gasteiger partial charge is 0.253 e. The lowest BCUT2D eigenvalue weighted by atomic mass is 10.1. The Morgan fingerprint density at radius 2 is 2.11 bits per heavy atom. The molecule has 2 unspecified atom stereocenters. The Morgan fingerprint density at radius 1 is 1.39 bits per heavy atom. The average molecular weight is 246 g/mol. The van der Waals surface area contributed by atoms with Gasteiger partial charge in [0.2, 0.25) is 0 Å². The van der Waals surface area contributed by atoms with Crippen LogP contribution >= 0.6 is 0 Å². The summed E-state index contributed by atoms with van der Waals surface area (Å²) in [5, 5.41) is 13.1. The molecule has 0 fully saturated rings. The Bertz CT molecular complexity index is 545. The van der Waals surface area contributed by atoms with Crippen molar-refractivity contribution in [3.8, 4) is 0 Å². The highest BCUT2D eigenvalue weighted by atomic mass is 16.3. The van der Waals surface area contributed by atoms with Crippen molar-refractivity contribution in [1.29, 1.82) is 0 Å². The lowest BCUT2D eigenvalue weighted by molar-refractivity contribution is 0.0924. The number of para-hydroxylation sites is 1. The number of benzene rings is 1. The first-order valence-corrected chi connectivity index (χ1v) is 6.13. The van der Waals surface area contributed by atoms with Gasteiger partial charge >= 0.3 is 0 Å². The van der Waals surface area contributed by atoms with E-state index in [1.807, 2.05) is 31.2 Å². The fraction of sp³-hybridized carbons (Fsp3) is 0.357. The van der Waals surface area contributed by atoms with Crippen LogP contribution in [0.2, 0.25) is 0 Å². The number of aromatic nitrogens is 1. The van der Waals surface area contributed by atoms with E-state index in [9.17, 15) is 9.90 Å². The van der Waals surface area contributed by atoms with Crippen molar-refractivity contribution in [3.05, 3.63) is 36.0 Å². The minimum Gasteiger partial charge on any atom is -0.393 e. The Morgan fingerprint density at radius 3 is 2.83 bits per heavy atom. The largest absolute Gasteiger partial charge is 0.393 e. The number of hydrogen-bond acceptors (Lipinski definition) is 2. The van der Waals surface area contributed by atoms with Crippen LogP contribution in [0.3, 0.4) is 0 Å². The summed E-state index contributed by atoms with van der Waals surface area (Å²) in [6.07, 6.45) is 1.85. The van der Waals surface area contributed by atoms with E-state index < -0.39 is 6.10 Å². The van der Waals surface area contributed by atoms with Crippen molar-refractivity contribution in [2.75, 3.05) is 0 Å². The predicted octanol–water partition coefficient (Wildman–Crippen LogP) is 2.06. The number of rotatable bonds is 4. The molecule has 2 atom stereocenters. The second-order valence-electron chi connectivity index (χ2n) is 4.71. The molecule has 1 aromatic carbocycles. The first-order valence-electron chi connectivity index (χ1n) is 6.13. The van der Waals surface area contributed by atoms with Gasteiger partial charge in [0, 0.05) is 23.1 Å². The van der Waals surface area contributed by atoms with Crippen LogP contribution in [0.5, 0.6) is 0 Å². The minimum absolute atomic E-state index is 0.0498. The molecule has 0 aliphatic carbocycles. The van der Waals surface area contributed by atoms with E-state index in [2.05, 4.69) is 10.3 Å². The second-order valence-corrected chi connectivity index (χ2v) is 4.71. The van der Waals surface area contributed by atoms with Gasteiger partial charge in [-0.05, 0) is 26.3 Å². The number of aromatic amines is 1. The third-order valence-electron chi connectivity index (χ3n) is 2.91. The van der Waals surface area contributed by atoms with Gasteiger partial charge in [0.25, 0.3) is 5.91 Å². The third kappa shape index (κ3) is 2.71. The minimum atomic E-state index is -0.414. The summed E-state index contributed by atoms with van der Waals surface area (Å²) in [5.74, 6) is -0.111. The van der Waals surface area contributed by atoms with Gasteiger partial charge in [-0.25, -0.2) is 0 Å². The van der Waals surface area contributed by atoms with Crippen LogP contribution in [0.15, 0.2) is 30.5 Å². The molecule has 0 spiro atoms. The molecule has 1 aromatic heterocycles. The first kappa shape index (κ1) is 12.6. The van der Waals surface area contributed by atoms with E-state index in [-0.39, 0.29) is 11.9 Å². The summed E-state index contributed by atoms with van der Waals surface area (Å²) in [6.45, 7) is 3.60. The molecular formula is C14H18N2O2. The highest BCUT2D eigenvalue weighted by Gasteiger charge is 2.14. The molecule has 96 valence electrons. The van der Waals surface area contributed by atoms with Crippen LogP contribution in [0.1, 0.15) is 30.6 Å². The Balaban J connectivity index is 2.14. The number of H-pyrrole nitrogens is 1. The molecule has 4 nitrogen and oxygen atoms in total. The molecule has 18 heavy (non-hydrogen) atoms. The van der Waals surface area contributed by atoms with Gasteiger partial charge in [0.1, 0.15) is 0 Å². The van der Waals surface area contributed by atoms with Gasteiger partial charge < -0.3 is 15.4 Å². The zero-order valence-electron chi connectivity index (χ0n) is 10.6. The van der Waals surface area contributed by atoms with E-state index in [1.54, 1.807) is 13.1 Å². The molecule has 4 heteroatoms. The van der Waals surface area contributed by atoms with Crippen LogP contribution in [0.25, 0.3) is 10.9 Å². The van der Waals surface area contributed by atoms with E-state index in [4.69, 9.17) is 0 Å². The number of carbonyl (C=O) groups excluding carboxylic acids is 1. The van der Waals surface area contributed by atoms with Crippen LogP contribution in [-0.4, -0.2) is 28.1 Å². The van der Waals surface area contributed by atoms with Gasteiger partial charge in [0.15, 0.2) is 0 Å². The zero-order chi connectivity index (χ0) is 13.1. The highest BCUT2D eigenvalue weighted by molar-refractivity contribution is 6.06. The Kier molecular flexibility index (Phi) is 3.67. The number of aliphatic hydroxyl groups excluding tert-OH is 1. The Hall–Kier alpha value is -1.81. The summed E-state index contributed by atoms with van der Waals surface area (Å²) in [7, 11) is 0. The number of nitrogens with one attached hydrogen (secondary N) is 2. The number of amides is 1. The molecule has 2 aromatic rings. The fourth-order valence-electron chi connectivity index (χ4n) is 2.13. The topological polar surface area (TPSA) is 65.1 Å². The molecular weight excluding hydrogens is 228 g/mol. The van der Waals surface area contributed by atoms with E-state index in [0.717, 1.165) is 10.9 Å². The molecule has 0 aliphatic rings. The second kappa shape index (κ2) is 5.23. The van der Waals surface area contributed by atoms with Crippen LogP contribution < -0.4 is 5.32 Å². The lowest BCUT2D eigenvalue weighted by Crippen LogP contribution is -2.34. The van der Waals surface area contributed by atoms with Gasteiger partial charge in [0.05, 0.1) is 11.7 Å². The summed E-state index contributed by atoms with van der Waals surface area (Å²) >= 11 is 0. The van der Waals surface area contributed by atoms with E-state index in [1.165, 1.54) is 0 Å². The molecule has 0 radical (unpaired) electrons. The first-order chi connectivity index (χ1) is 8.58. The molecule has 1 heterocycles. The summed E-state index contributed by atoms with van der Waals surface area (Å²) in [4.78, 5) is 15.2. The Labute approximate surface area is 106 Å². The SMILES string of the molecule is CC(O)CC(C)NC(=O)c1c[nH]c2ccccc12.